The number of aromatic nitrogens is 1. The number of alkyl halides is 3. The fraction of sp³-hybridized carbons (Fsp3) is 0.310. The third-order valence-corrected chi connectivity index (χ3v) is 12.0. The number of carbonyl (C=O) groups excluding carboxylic acids is 4. The van der Waals surface area contributed by atoms with E-state index in [2.05, 4.69) is 10.4 Å². The molecule has 0 bridgehead atoms. The van der Waals surface area contributed by atoms with E-state index in [0.29, 0.717) is 28.5 Å². The summed E-state index contributed by atoms with van der Waals surface area (Å²) in [6.45, 7) is 3.89. The van der Waals surface area contributed by atoms with Crippen LogP contribution in [0, 0.1) is 30.6 Å². The number of aryl methyl sites for hydroxylation is 1. The third-order valence-electron chi connectivity index (χ3n) is 11.7. The molecule has 1 saturated carbocycles. The number of imide groups is 2. The van der Waals surface area contributed by atoms with Crippen LogP contribution in [0.3, 0.4) is 0 Å². The van der Waals surface area contributed by atoms with Crippen LogP contribution in [0.25, 0.3) is 0 Å². The summed E-state index contributed by atoms with van der Waals surface area (Å²) in [5.74, 6) is -7.55. The number of allylic oxidation sites excluding steroid dienone is 2. The van der Waals surface area contributed by atoms with Crippen LogP contribution in [0.5, 0.6) is 11.5 Å². The van der Waals surface area contributed by atoms with Crippen molar-refractivity contribution in [3.8, 4) is 11.5 Å². The summed E-state index contributed by atoms with van der Waals surface area (Å²) in [5.41, 5.74) is 3.43. The molecule has 3 fully saturated rings. The number of phenols is 1. The number of nitrogens with zero attached hydrogens (tertiary/aromatic N) is 4. The second-order valence-corrected chi connectivity index (χ2v) is 15.2. The van der Waals surface area contributed by atoms with Gasteiger partial charge in [0.25, 0.3) is 23.6 Å². The molecule has 4 aliphatic rings. The number of aromatic hydroxyl groups is 1. The maximum absolute atomic E-state index is 15.4. The van der Waals surface area contributed by atoms with Gasteiger partial charge in [-0.25, -0.2) is 4.98 Å². The van der Waals surface area contributed by atoms with E-state index in [1.54, 1.807) is 61.5 Å². The Balaban J connectivity index is 1.28. The number of amides is 4. The predicted molar refractivity (Wildman–Crippen MR) is 203 cm³/mol. The molecule has 2 N–H and O–H groups in total. The number of pyridine rings is 1. The van der Waals surface area contributed by atoms with Crippen molar-refractivity contribution in [3.63, 3.8) is 0 Å². The number of benzene rings is 3. The number of carbonyl (C=O) groups is 4. The van der Waals surface area contributed by atoms with Crippen LogP contribution in [0.15, 0.2) is 96.6 Å². The van der Waals surface area contributed by atoms with Crippen LogP contribution >= 0.6 is 11.6 Å². The molecule has 11 nitrogen and oxygen atoms in total. The first kappa shape index (κ1) is 38.0. The van der Waals surface area contributed by atoms with Gasteiger partial charge in [0.05, 0.1) is 40.5 Å². The summed E-state index contributed by atoms with van der Waals surface area (Å²) in [6, 6.07) is 22.6. The molecule has 6 atom stereocenters. The fourth-order valence-corrected chi connectivity index (χ4v) is 9.52. The molecule has 294 valence electrons. The topological polar surface area (TPSA) is 132 Å². The van der Waals surface area contributed by atoms with Gasteiger partial charge in [-0.05, 0) is 80.1 Å². The minimum Gasteiger partial charge on any atom is -0.504 e. The largest absolute Gasteiger partial charge is 0.504 e. The van der Waals surface area contributed by atoms with Crippen molar-refractivity contribution >= 4 is 46.7 Å². The lowest BCUT2D eigenvalue weighted by Crippen LogP contribution is -2.53. The van der Waals surface area contributed by atoms with Crippen molar-refractivity contribution in [2.24, 2.45) is 23.7 Å². The number of rotatable bonds is 8. The molecule has 0 spiro atoms. The maximum atomic E-state index is 15.4. The summed E-state index contributed by atoms with van der Waals surface area (Å²) in [6.07, 6.45) is -2.92. The van der Waals surface area contributed by atoms with Crippen molar-refractivity contribution in [1.29, 1.82) is 0 Å². The molecule has 8 rings (SSSR count). The Kier molecular flexibility index (Phi) is 9.30. The first-order chi connectivity index (χ1) is 27.2. The molecular formula is C42H37ClF3N5O6. The molecule has 1 aromatic heterocycles. The van der Waals surface area contributed by atoms with Crippen LogP contribution in [0.1, 0.15) is 48.1 Å². The smallest absolute Gasteiger partial charge is 0.433 e. The van der Waals surface area contributed by atoms with E-state index in [1.807, 2.05) is 25.1 Å². The summed E-state index contributed by atoms with van der Waals surface area (Å²) >= 11 is 6.32. The number of hydrogen-bond acceptors (Lipinski definition) is 9. The lowest BCUT2D eigenvalue weighted by atomic mass is 9.49. The summed E-state index contributed by atoms with van der Waals surface area (Å²) < 4.78 is 46.9. The van der Waals surface area contributed by atoms with Crippen LogP contribution < -0.4 is 15.2 Å². The highest BCUT2D eigenvalue weighted by Gasteiger charge is 2.70. The molecule has 4 aromatic rings. The van der Waals surface area contributed by atoms with E-state index in [0.717, 1.165) is 26.7 Å². The average Bonchev–Trinajstić information content (AvgIpc) is 3.57. The van der Waals surface area contributed by atoms with E-state index in [1.165, 1.54) is 13.1 Å². The van der Waals surface area contributed by atoms with Gasteiger partial charge in [-0.1, -0.05) is 77.3 Å². The van der Waals surface area contributed by atoms with Crippen molar-refractivity contribution < 1.29 is 42.2 Å². The molecule has 0 radical (unpaired) electrons. The highest BCUT2D eigenvalue weighted by atomic mass is 35.5. The Hall–Kier alpha value is -5.89. The normalized spacial score (nSPS) is 25.5. The van der Waals surface area contributed by atoms with Crippen molar-refractivity contribution in [3.05, 3.63) is 124 Å². The second-order valence-electron chi connectivity index (χ2n) is 14.8. The highest BCUT2D eigenvalue weighted by Crippen LogP contribution is 2.64. The lowest BCUT2D eigenvalue weighted by Gasteiger charge is -2.50. The van der Waals surface area contributed by atoms with Gasteiger partial charge in [0, 0.05) is 13.0 Å². The molecule has 3 aromatic carbocycles. The molecule has 2 saturated heterocycles. The van der Waals surface area contributed by atoms with Crippen LogP contribution in [0.2, 0.25) is 5.02 Å². The first-order valence-corrected chi connectivity index (χ1v) is 18.8. The Bertz CT molecular complexity index is 2340. The van der Waals surface area contributed by atoms with E-state index >= 15 is 4.79 Å². The maximum Gasteiger partial charge on any atom is 0.433 e. The lowest BCUT2D eigenvalue weighted by molar-refractivity contribution is -0.142. The van der Waals surface area contributed by atoms with Gasteiger partial charge < -0.3 is 9.84 Å². The van der Waals surface area contributed by atoms with Crippen LogP contribution in [0.4, 0.5) is 24.7 Å². The van der Waals surface area contributed by atoms with Crippen molar-refractivity contribution in [2.75, 3.05) is 24.1 Å². The average molecular weight is 800 g/mol. The zero-order valence-corrected chi connectivity index (χ0v) is 31.7. The zero-order valence-electron chi connectivity index (χ0n) is 31.0. The van der Waals surface area contributed by atoms with E-state index in [9.17, 15) is 32.7 Å². The highest BCUT2D eigenvalue weighted by molar-refractivity contribution is 6.33. The van der Waals surface area contributed by atoms with E-state index in [-0.39, 0.29) is 36.0 Å². The number of ether oxygens (including phenoxy) is 1. The minimum absolute atomic E-state index is 0.00934. The predicted octanol–water partition coefficient (Wildman–Crippen LogP) is 7.20. The van der Waals surface area contributed by atoms with Crippen molar-refractivity contribution in [1.82, 2.24) is 15.0 Å². The standard InChI is InChI=1S/C42H37ClF3N5O6/c1-4-57-32-20-23(12-18-31(32)52)35-26-15-16-27-34(39(55)51(37(27)53)49(3)36-30(43)17-19-33(47-36)42(44,45)46)28(26)21-29-38(54)50(48-25-13-10-22(2)11-14-25)40(56)41(29,35)24-8-6-5-7-9-24/h5-15,17-20,27-29,34-35,48,52H,4,16,21H2,1-3H3/t27-,28+,29-,34-,35-,41+/m0/s1. The number of fused-ring (bicyclic) bond motifs is 4. The molecular weight excluding hydrogens is 763 g/mol. The summed E-state index contributed by atoms with van der Waals surface area (Å²) in [7, 11) is 1.25. The zero-order chi connectivity index (χ0) is 40.6. The molecule has 4 amide bonds. The number of hydrazine groups is 2. The number of phenolic OH excluding ortho intramolecular Hbond substituents is 1. The Morgan fingerprint density at radius 3 is 2.37 bits per heavy atom. The van der Waals surface area contributed by atoms with Crippen LogP contribution in [-0.4, -0.2) is 57.4 Å². The third kappa shape index (κ3) is 5.91. The van der Waals surface area contributed by atoms with Gasteiger partial charge >= 0.3 is 6.18 Å². The molecule has 15 heteroatoms. The van der Waals surface area contributed by atoms with Crippen LogP contribution in [-0.2, 0) is 30.8 Å². The SMILES string of the molecule is CCOc1cc([C@H]2C3=CC[C@@H]4C(=O)N(N(C)c5nc(C(F)(F)F)ccc5Cl)C(=O)[C@@H]4[C@@H]3C[C@H]3C(=O)N(Nc4ccc(C)cc4)C(=O)[C@@]23c2ccccc2)ccc1O. The van der Waals surface area contributed by atoms with Gasteiger partial charge in [-0.2, -0.15) is 23.2 Å². The number of halogens is 4. The molecule has 57 heavy (non-hydrogen) atoms. The number of hydrogen-bond donors (Lipinski definition) is 2. The summed E-state index contributed by atoms with van der Waals surface area (Å²) in [4.78, 5) is 62.8. The Morgan fingerprint density at radius 1 is 0.965 bits per heavy atom. The Morgan fingerprint density at radius 2 is 1.68 bits per heavy atom. The quantitative estimate of drug-likeness (QED) is 0.140. The molecule has 0 unspecified atom stereocenters. The number of nitrogens with one attached hydrogen (secondary N) is 1. The number of anilines is 2. The van der Waals surface area contributed by atoms with Gasteiger partial charge in [0.1, 0.15) is 5.69 Å². The fourth-order valence-electron chi connectivity index (χ4n) is 9.29. The molecule has 2 aliphatic heterocycles. The van der Waals surface area contributed by atoms with E-state index in [4.69, 9.17) is 16.3 Å². The van der Waals surface area contributed by atoms with Gasteiger partial charge in [-0.15, -0.1) is 0 Å². The van der Waals surface area contributed by atoms with Crippen molar-refractivity contribution in [2.45, 2.75) is 44.2 Å². The van der Waals surface area contributed by atoms with Gasteiger partial charge in [-0.3, -0.25) is 29.6 Å². The molecule has 2 aliphatic carbocycles. The Labute approximate surface area is 330 Å². The van der Waals surface area contributed by atoms with E-state index < -0.39 is 76.3 Å². The monoisotopic (exact) mass is 799 g/mol. The first-order valence-electron chi connectivity index (χ1n) is 18.5. The molecule has 3 heterocycles. The van der Waals surface area contributed by atoms with Gasteiger partial charge in [0.2, 0.25) is 0 Å². The van der Waals surface area contributed by atoms with Gasteiger partial charge in [0.15, 0.2) is 17.3 Å². The minimum atomic E-state index is -4.82. The summed E-state index contributed by atoms with van der Waals surface area (Å²) in [5, 5.41) is 13.3. The second kappa shape index (κ2) is 13.9.